The van der Waals surface area contributed by atoms with Crippen LogP contribution in [0.4, 0.5) is 0 Å². The fourth-order valence-electron chi connectivity index (χ4n) is 1.26. The van der Waals surface area contributed by atoms with Gasteiger partial charge in [-0.25, -0.2) is 0 Å². The molecule has 0 atom stereocenters. The van der Waals surface area contributed by atoms with Gasteiger partial charge in [0.2, 0.25) is 0 Å². The highest BCUT2D eigenvalue weighted by molar-refractivity contribution is 8.76. The molecule has 0 heterocycles. The fraction of sp³-hybridized carbons (Fsp3) is 1.00. The minimum atomic E-state index is 1.25. The lowest BCUT2D eigenvalue weighted by Crippen LogP contribution is -1.81. The van der Waals surface area contributed by atoms with Crippen LogP contribution in [0.3, 0.4) is 0 Å². The average Bonchev–Trinajstić information content (AvgIpc) is 2.16. The molecule has 0 rings (SSSR count). The largest absolute Gasteiger partial charge is 0.0944 e. The predicted octanol–water partition coefficient (Wildman–Crippen LogP) is 5.14. The average molecular weight is 220 g/mol. The second kappa shape index (κ2) is 12.7. The summed E-state index contributed by atoms with van der Waals surface area (Å²) in [5.41, 5.74) is 0. The zero-order chi connectivity index (χ0) is 9.78. The summed E-state index contributed by atoms with van der Waals surface area (Å²) in [6.45, 7) is 4.50. The predicted molar refractivity (Wildman–Crippen MR) is 68.6 cm³/mol. The molecular weight excluding hydrogens is 196 g/mol. The SMILES string of the molecule is CCCCCCCCCSSCC. The summed E-state index contributed by atoms with van der Waals surface area (Å²) >= 11 is 0. The molecule has 0 saturated heterocycles. The third kappa shape index (κ3) is 12.7. The van der Waals surface area contributed by atoms with Gasteiger partial charge in [0.15, 0.2) is 0 Å². The van der Waals surface area contributed by atoms with Crippen LogP contribution in [-0.4, -0.2) is 11.5 Å². The molecule has 0 aromatic carbocycles. The van der Waals surface area contributed by atoms with E-state index in [0.717, 1.165) is 0 Å². The van der Waals surface area contributed by atoms with Crippen molar-refractivity contribution in [2.24, 2.45) is 0 Å². The lowest BCUT2D eigenvalue weighted by Gasteiger charge is -2.00. The summed E-state index contributed by atoms with van der Waals surface area (Å²) in [4.78, 5) is 0. The molecule has 0 amide bonds. The van der Waals surface area contributed by atoms with Gasteiger partial charge in [0.1, 0.15) is 0 Å². The van der Waals surface area contributed by atoms with Crippen molar-refractivity contribution in [3.05, 3.63) is 0 Å². The second-order valence-electron chi connectivity index (χ2n) is 3.35. The van der Waals surface area contributed by atoms with E-state index in [1.165, 1.54) is 56.5 Å². The summed E-state index contributed by atoms with van der Waals surface area (Å²) < 4.78 is 0. The first-order chi connectivity index (χ1) is 6.41. The highest BCUT2D eigenvalue weighted by atomic mass is 33.1. The van der Waals surface area contributed by atoms with Gasteiger partial charge < -0.3 is 0 Å². The molecule has 0 unspecified atom stereocenters. The Labute approximate surface area is 92.0 Å². The molecule has 0 saturated carbocycles. The molecule has 0 radical (unpaired) electrons. The van der Waals surface area contributed by atoms with E-state index < -0.39 is 0 Å². The summed E-state index contributed by atoms with van der Waals surface area (Å²) in [5, 5.41) is 0. The number of hydrogen-bond acceptors (Lipinski definition) is 2. The van der Waals surface area contributed by atoms with Crippen LogP contribution in [0.25, 0.3) is 0 Å². The smallest absolute Gasteiger partial charge is 0.00369 e. The van der Waals surface area contributed by atoms with E-state index in [9.17, 15) is 0 Å². The maximum atomic E-state index is 2.28. The Kier molecular flexibility index (Phi) is 13.4. The van der Waals surface area contributed by atoms with E-state index in [1.807, 2.05) is 21.6 Å². The zero-order valence-corrected chi connectivity index (χ0v) is 10.8. The Morgan fingerprint density at radius 1 is 0.692 bits per heavy atom. The fourth-order valence-corrected chi connectivity index (χ4v) is 3.07. The van der Waals surface area contributed by atoms with Crippen molar-refractivity contribution in [3.8, 4) is 0 Å². The molecule has 0 nitrogen and oxygen atoms in total. The van der Waals surface area contributed by atoms with E-state index in [1.54, 1.807) is 0 Å². The minimum absolute atomic E-state index is 1.25. The van der Waals surface area contributed by atoms with Crippen molar-refractivity contribution >= 4 is 21.6 Å². The third-order valence-corrected chi connectivity index (χ3v) is 4.60. The van der Waals surface area contributed by atoms with Crippen LogP contribution in [0.5, 0.6) is 0 Å². The Bertz CT molecular complexity index is 74.2. The Morgan fingerprint density at radius 2 is 1.31 bits per heavy atom. The Hall–Kier alpha value is 0.700. The highest BCUT2D eigenvalue weighted by Crippen LogP contribution is 2.22. The van der Waals surface area contributed by atoms with Crippen LogP contribution in [0.15, 0.2) is 0 Å². The summed E-state index contributed by atoms with van der Waals surface area (Å²) in [7, 11) is 4.03. The molecule has 0 N–H and O–H groups in total. The first-order valence-electron chi connectivity index (χ1n) is 5.66. The van der Waals surface area contributed by atoms with Gasteiger partial charge in [-0.1, -0.05) is 74.0 Å². The highest BCUT2D eigenvalue weighted by Gasteiger charge is 1.91. The Balaban J connectivity index is 2.76. The van der Waals surface area contributed by atoms with Crippen molar-refractivity contribution in [1.29, 1.82) is 0 Å². The van der Waals surface area contributed by atoms with Crippen molar-refractivity contribution in [3.63, 3.8) is 0 Å². The van der Waals surface area contributed by atoms with Crippen molar-refractivity contribution in [2.75, 3.05) is 11.5 Å². The van der Waals surface area contributed by atoms with Gasteiger partial charge >= 0.3 is 0 Å². The van der Waals surface area contributed by atoms with Crippen LogP contribution in [0.1, 0.15) is 58.8 Å². The van der Waals surface area contributed by atoms with Crippen LogP contribution in [0, 0.1) is 0 Å². The lowest BCUT2D eigenvalue weighted by molar-refractivity contribution is 0.604. The minimum Gasteiger partial charge on any atom is -0.0944 e. The van der Waals surface area contributed by atoms with Crippen LogP contribution in [0.2, 0.25) is 0 Å². The standard InChI is InChI=1S/C11H24S2/c1-3-5-6-7-8-9-10-11-13-12-4-2/h3-11H2,1-2H3. The topological polar surface area (TPSA) is 0 Å². The molecule has 0 aliphatic heterocycles. The van der Waals surface area contributed by atoms with Gasteiger partial charge in [0, 0.05) is 11.5 Å². The normalized spacial score (nSPS) is 10.6. The molecule has 80 valence electrons. The molecular formula is C11H24S2. The van der Waals surface area contributed by atoms with Gasteiger partial charge in [-0.15, -0.1) is 0 Å². The number of rotatable bonds is 10. The molecule has 2 heteroatoms. The summed E-state index contributed by atoms with van der Waals surface area (Å²) in [6.07, 6.45) is 10.0. The van der Waals surface area contributed by atoms with Crippen molar-refractivity contribution < 1.29 is 0 Å². The number of hydrogen-bond donors (Lipinski definition) is 0. The third-order valence-electron chi connectivity index (χ3n) is 2.03. The zero-order valence-electron chi connectivity index (χ0n) is 9.18. The monoisotopic (exact) mass is 220 g/mol. The van der Waals surface area contributed by atoms with Crippen molar-refractivity contribution in [1.82, 2.24) is 0 Å². The van der Waals surface area contributed by atoms with Crippen LogP contribution >= 0.6 is 21.6 Å². The first kappa shape index (κ1) is 13.7. The van der Waals surface area contributed by atoms with Crippen molar-refractivity contribution in [2.45, 2.75) is 58.8 Å². The van der Waals surface area contributed by atoms with E-state index in [4.69, 9.17) is 0 Å². The first-order valence-corrected chi connectivity index (χ1v) is 8.15. The van der Waals surface area contributed by atoms with Crippen LogP contribution < -0.4 is 0 Å². The van der Waals surface area contributed by atoms with Crippen LogP contribution in [-0.2, 0) is 0 Å². The van der Waals surface area contributed by atoms with Gasteiger partial charge in [0.05, 0.1) is 0 Å². The van der Waals surface area contributed by atoms with E-state index in [0.29, 0.717) is 0 Å². The molecule has 0 aliphatic carbocycles. The van der Waals surface area contributed by atoms with Gasteiger partial charge in [0.25, 0.3) is 0 Å². The van der Waals surface area contributed by atoms with E-state index in [-0.39, 0.29) is 0 Å². The maximum absolute atomic E-state index is 2.28. The summed E-state index contributed by atoms with van der Waals surface area (Å²) in [6, 6.07) is 0. The van der Waals surface area contributed by atoms with Gasteiger partial charge in [-0.2, -0.15) is 0 Å². The van der Waals surface area contributed by atoms with Gasteiger partial charge in [-0.3, -0.25) is 0 Å². The molecule has 0 aliphatic rings. The molecule has 0 spiro atoms. The quantitative estimate of drug-likeness (QED) is 0.369. The molecule has 0 fully saturated rings. The Morgan fingerprint density at radius 3 is 1.92 bits per heavy atom. The molecule has 0 aromatic rings. The maximum Gasteiger partial charge on any atom is 0.00369 e. The molecule has 0 aromatic heterocycles. The second-order valence-corrected chi connectivity index (χ2v) is 6.22. The lowest BCUT2D eigenvalue weighted by atomic mass is 10.1. The van der Waals surface area contributed by atoms with E-state index in [2.05, 4.69) is 13.8 Å². The number of unbranched alkanes of at least 4 members (excludes halogenated alkanes) is 6. The summed E-state index contributed by atoms with van der Waals surface area (Å²) in [5.74, 6) is 2.60. The van der Waals surface area contributed by atoms with E-state index >= 15 is 0 Å². The molecule has 0 bridgehead atoms. The van der Waals surface area contributed by atoms with Gasteiger partial charge in [-0.05, 0) is 6.42 Å². The molecule has 13 heavy (non-hydrogen) atoms.